The van der Waals surface area contributed by atoms with Gasteiger partial charge in [-0.3, -0.25) is 10.1 Å². The number of pyridine rings is 1. The van der Waals surface area contributed by atoms with Crippen molar-refractivity contribution in [3.05, 3.63) is 82.8 Å². The summed E-state index contributed by atoms with van der Waals surface area (Å²) in [5.41, 5.74) is 6.26. The van der Waals surface area contributed by atoms with Gasteiger partial charge in [0.2, 0.25) is 0 Å². The third kappa shape index (κ3) is 4.01. The number of aromatic carboxylic acids is 1. The maximum atomic E-state index is 11.4. The Morgan fingerprint density at radius 1 is 1.07 bits per heavy atom. The quantitative estimate of drug-likeness (QED) is 0.441. The molecule has 3 N–H and O–H groups in total. The number of nitrogens with one attached hydrogen (secondary N) is 2. The van der Waals surface area contributed by atoms with Crippen LogP contribution in [0.3, 0.4) is 0 Å². The molecule has 0 aliphatic rings. The van der Waals surface area contributed by atoms with Gasteiger partial charge in [0, 0.05) is 16.8 Å². The average Bonchev–Trinajstić information content (AvgIpc) is 3.08. The number of carbonyl (C=O) groups is 1. The minimum absolute atomic E-state index is 0.224. The minimum Gasteiger partial charge on any atom is -0.478 e. The summed E-state index contributed by atoms with van der Waals surface area (Å²) in [6.07, 6.45) is 3.89. The van der Waals surface area contributed by atoms with Gasteiger partial charge in [0.15, 0.2) is 0 Å². The van der Waals surface area contributed by atoms with Crippen molar-refractivity contribution in [2.75, 3.05) is 5.32 Å². The third-order valence-corrected chi connectivity index (χ3v) is 4.56. The first-order valence-electron chi connectivity index (χ1n) is 9.20. The summed E-state index contributed by atoms with van der Waals surface area (Å²) in [4.78, 5) is 15.9. The molecule has 2 aromatic heterocycles. The van der Waals surface area contributed by atoms with Crippen molar-refractivity contribution in [2.45, 2.75) is 13.8 Å². The van der Waals surface area contributed by atoms with E-state index in [1.54, 1.807) is 24.3 Å². The number of fused-ring (bicyclic) bond motifs is 1. The molecule has 0 aliphatic heterocycles. The summed E-state index contributed by atoms with van der Waals surface area (Å²) in [6, 6.07) is 16.7. The van der Waals surface area contributed by atoms with Gasteiger partial charge in [-0.25, -0.2) is 4.79 Å². The fraction of sp³-hybridized carbons (Fsp3) is 0.0870. The Bertz CT molecular complexity index is 1220. The van der Waals surface area contributed by atoms with Gasteiger partial charge in [0.25, 0.3) is 0 Å². The molecule has 0 fully saturated rings. The van der Waals surface area contributed by atoms with Gasteiger partial charge in [0.1, 0.15) is 0 Å². The highest BCUT2D eigenvalue weighted by atomic mass is 16.4. The summed E-state index contributed by atoms with van der Waals surface area (Å²) in [6.45, 7) is 4.03. The van der Waals surface area contributed by atoms with Crippen molar-refractivity contribution < 1.29 is 9.90 Å². The van der Waals surface area contributed by atoms with Crippen LogP contribution in [0.15, 0.2) is 54.6 Å². The lowest BCUT2D eigenvalue weighted by atomic mass is 10.1. The lowest BCUT2D eigenvalue weighted by molar-refractivity contribution is 0.0698. The van der Waals surface area contributed by atoms with Gasteiger partial charge >= 0.3 is 5.97 Å². The van der Waals surface area contributed by atoms with Crippen molar-refractivity contribution in [2.24, 2.45) is 0 Å². The summed E-state index contributed by atoms with van der Waals surface area (Å²) in [5.74, 6) is -0.969. The molecule has 2 aromatic carbocycles. The zero-order chi connectivity index (χ0) is 20.4. The van der Waals surface area contributed by atoms with Crippen molar-refractivity contribution in [3.8, 4) is 0 Å². The van der Waals surface area contributed by atoms with Crippen LogP contribution in [-0.4, -0.2) is 26.3 Å². The first-order valence-corrected chi connectivity index (χ1v) is 9.20. The van der Waals surface area contributed by atoms with Crippen LogP contribution in [0, 0.1) is 13.8 Å². The summed E-state index contributed by atoms with van der Waals surface area (Å²) in [7, 11) is 0. The first-order chi connectivity index (χ1) is 14.0. The van der Waals surface area contributed by atoms with Gasteiger partial charge in [0.05, 0.1) is 28.2 Å². The van der Waals surface area contributed by atoms with E-state index in [2.05, 4.69) is 20.5 Å². The van der Waals surface area contributed by atoms with E-state index in [4.69, 9.17) is 0 Å². The van der Waals surface area contributed by atoms with Crippen LogP contribution in [0.1, 0.15) is 33.0 Å². The molecule has 0 radical (unpaired) electrons. The molecular formula is C23H20N4O2. The number of aromatic amines is 1. The molecule has 0 saturated heterocycles. The van der Waals surface area contributed by atoms with E-state index in [0.29, 0.717) is 5.69 Å². The molecule has 6 nitrogen and oxygen atoms in total. The van der Waals surface area contributed by atoms with E-state index in [0.717, 1.165) is 33.7 Å². The number of hydrogen-bond donors (Lipinski definition) is 3. The highest BCUT2D eigenvalue weighted by Gasteiger charge is 2.10. The molecule has 0 bridgehead atoms. The highest BCUT2D eigenvalue weighted by molar-refractivity contribution is 5.96. The summed E-state index contributed by atoms with van der Waals surface area (Å²) < 4.78 is 0. The molecule has 0 saturated carbocycles. The first kappa shape index (κ1) is 18.4. The zero-order valence-electron chi connectivity index (χ0n) is 16.1. The Balaban J connectivity index is 1.61. The van der Waals surface area contributed by atoms with Crippen LogP contribution >= 0.6 is 0 Å². The number of hydrogen-bond acceptors (Lipinski definition) is 4. The topological polar surface area (TPSA) is 90.9 Å². The van der Waals surface area contributed by atoms with Crippen LogP contribution in [0.5, 0.6) is 0 Å². The van der Waals surface area contributed by atoms with Crippen LogP contribution < -0.4 is 5.32 Å². The van der Waals surface area contributed by atoms with Crippen molar-refractivity contribution in [3.63, 3.8) is 0 Å². The van der Waals surface area contributed by atoms with Crippen molar-refractivity contribution in [1.82, 2.24) is 15.2 Å². The Kier molecular flexibility index (Phi) is 4.83. The van der Waals surface area contributed by atoms with Crippen molar-refractivity contribution in [1.29, 1.82) is 0 Å². The summed E-state index contributed by atoms with van der Waals surface area (Å²) in [5, 5.41) is 20.9. The van der Waals surface area contributed by atoms with E-state index in [1.165, 1.54) is 5.56 Å². The minimum atomic E-state index is -0.969. The van der Waals surface area contributed by atoms with Gasteiger partial charge < -0.3 is 10.4 Å². The number of nitrogens with zero attached hydrogens (tertiary/aromatic N) is 2. The van der Waals surface area contributed by atoms with Crippen molar-refractivity contribution >= 4 is 40.4 Å². The van der Waals surface area contributed by atoms with E-state index in [1.807, 2.05) is 56.3 Å². The number of anilines is 2. The Labute approximate surface area is 167 Å². The Morgan fingerprint density at radius 3 is 2.69 bits per heavy atom. The lowest BCUT2D eigenvalue weighted by Crippen LogP contribution is -2.02. The van der Waals surface area contributed by atoms with Gasteiger partial charge in [-0.15, -0.1) is 0 Å². The maximum absolute atomic E-state index is 11.4. The van der Waals surface area contributed by atoms with E-state index >= 15 is 0 Å². The number of carboxylic acids is 1. The summed E-state index contributed by atoms with van der Waals surface area (Å²) >= 11 is 0. The molecule has 6 heteroatoms. The molecular weight excluding hydrogens is 364 g/mol. The molecule has 4 aromatic rings. The number of carboxylic acid groups (broad SMARTS) is 1. The number of aryl methyl sites for hydroxylation is 2. The molecule has 4 rings (SSSR count). The predicted molar refractivity (Wildman–Crippen MR) is 115 cm³/mol. The molecule has 0 spiro atoms. The fourth-order valence-electron chi connectivity index (χ4n) is 3.30. The smallest absolute Gasteiger partial charge is 0.337 e. The normalized spacial score (nSPS) is 11.2. The number of benzene rings is 2. The molecule has 2 heterocycles. The van der Waals surface area contributed by atoms with Gasteiger partial charge in [-0.05, 0) is 74.0 Å². The van der Waals surface area contributed by atoms with Crippen LogP contribution in [0.4, 0.5) is 11.4 Å². The van der Waals surface area contributed by atoms with E-state index in [-0.39, 0.29) is 5.56 Å². The number of H-pyrrole nitrogens is 1. The molecule has 29 heavy (non-hydrogen) atoms. The van der Waals surface area contributed by atoms with Gasteiger partial charge in [-0.1, -0.05) is 12.1 Å². The monoisotopic (exact) mass is 384 g/mol. The number of aromatic nitrogens is 3. The van der Waals surface area contributed by atoms with Gasteiger partial charge in [-0.2, -0.15) is 5.10 Å². The van der Waals surface area contributed by atoms with E-state index in [9.17, 15) is 9.90 Å². The number of para-hydroxylation sites is 1. The van der Waals surface area contributed by atoms with Crippen LogP contribution in [-0.2, 0) is 0 Å². The Morgan fingerprint density at radius 2 is 1.90 bits per heavy atom. The molecule has 0 aliphatic carbocycles. The zero-order valence-corrected chi connectivity index (χ0v) is 16.1. The standard InChI is InChI=1S/C23H20N4O2/c1-14-11-15(2)24-16(12-14)8-10-21-18-9-7-17(13-22(18)27-26-21)25-20-6-4-3-5-19(20)23(28)29/h3-13,25H,1-2H3,(H,26,27)(H,28,29)/b10-8+. The predicted octanol–water partition coefficient (Wildman–Crippen LogP) is 5.19. The Hall–Kier alpha value is -3.93. The fourth-order valence-corrected chi connectivity index (χ4v) is 3.30. The largest absolute Gasteiger partial charge is 0.478 e. The molecule has 144 valence electrons. The maximum Gasteiger partial charge on any atom is 0.337 e. The average molecular weight is 384 g/mol. The van der Waals surface area contributed by atoms with Crippen LogP contribution in [0.2, 0.25) is 0 Å². The second-order valence-corrected chi connectivity index (χ2v) is 6.89. The van der Waals surface area contributed by atoms with Crippen LogP contribution in [0.25, 0.3) is 23.1 Å². The molecule has 0 unspecified atom stereocenters. The second kappa shape index (κ2) is 7.59. The molecule has 0 amide bonds. The lowest BCUT2D eigenvalue weighted by Gasteiger charge is -2.09. The molecule has 0 atom stereocenters. The highest BCUT2D eigenvalue weighted by Crippen LogP contribution is 2.26. The second-order valence-electron chi connectivity index (χ2n) is 6.89. The van der Waals surface area contributed by atoms with E-state index < -0.39 is 5.97 Å². The SMILES string of the molecule is Cc1cc(C)nc(/C=C/c2n[nH]c3cc(Nc4ccccc4C(=O)O)ccc23)c1. The number of rotatable bonds is 5. The third-order valence-electron chi connectivity index (χ3n) is 4.56.